The lowest BCUT2D eigenvalue weighted by Gasteiger charge is -2.27. The van der Waals surface area contributed by atoms with Gasteiger partial charge in [-0.3, -0.25) is 4.68 Å². The monoisotopic (exact) mass is 300 g/mol. The quantitative estimate of drug-likeness (QED) is 0.918. The van der Waals surface area contributed by atoms with Gasteiger partial charge in [-0.15, -0.1) is 0 Å². The van der Waals surface area contributed by atoms with E-state index >= 15 is 0 Å². The molecule has 22 heavy (non-hydrogen) atoms. The van der Waals surface area contributed by atoms with Crippen LogP contribution < -0.4 is 4.74 Å². The van der Waals surface area contributed by atoms with E-state index < -0.39 is 0 Å². The van der Waals surface area contributed by atoms with Crippen molar-refractivity contribution in [2.45, 2.75) is 44.6 Å². The Bertz CT molecular complexity index is 640. The van der Waals surface area contributed by atoms with Crippen LogP contribution >= 0.6 is 0 Å². The van der Waals surface area contributed by atoms with Gasteiger partial charge in [-0.05, 0) is 62.5 Å². The van der Waals surface area contributed by atoms with E-state index in [0.29, 0.717) is 18.6 Å². The smallest absolute Gasteiger partial charge is 0.121 e. The van der Waals surface area contributed by atoms with Crippen LogP contribution in [0.2, 0.25) is 0 Å². The van der Waals surface area contributed by atoms with E-state index in [1.807, 2.05) is 0 Å². The Morgan fingerprint density at radius 2 is 1.86 bits per heavy atom. The van der Waals surface area contributed by atoms with Gasteiger partial charge in [0.15, 0.2) is 0 Å². The summed E-state index contributed by atoms with van der Waals surface area (Å²) in [7, 11) is 0. The second-order valence-electron chi connectivity index (χ2n) is 6.94. The zero-order valence-corrected chi connectivity index (χ0v) is 12.9. The van der Waals surface area contributed by atoms with E-state index in [0.717, 1.165) is 49.5 Å². The van der Waals surface area contributed by atoms with E-state index in [1.165, 1.54) is 18.2 Å². The van der Waals surface area contributed by atoms with E-state index in [9.17, 15) is 5.11 Å². The molecule has 0 aliphatic heterocycles. The van der Waals surface area contributed by atoms with Crippen LogP contribution in [-0.4, -0.2) is 28.1 Å². The van der Waals surface area contributed by atoms with Gasteiger partial charge in [0.25, 0.3) is 0 Å². The second kappa shape index (κ2) is 5.92. The van der Waals surface area contributed by atoms with Crippen LogP contribution in [-0.2, 0) is 0 Å². The maximum absolute atomic E-state index is 9.25. The molecule has 1 N–H and O–H groups in total. The van der Waals surface area contributed by atoms with Gasteiger partial charge in [0, 0.05) is 24.3 Å². The van der Waals surface area contributed by atoms with Crippen molar-refractivity contribution in [2.24, 2.45) is 11.8 Å². The third kappa shape index (κ3) is 2.98. The molecule has 1 aromatic carbocycles. The molecule has 1 heterocycles. The van der Waals surface area contributed by atoms with Crippen LogP contribution in [0.1, 0.15) is 44.6 Å². The Morgan fingerprint density at radius 1 is 1.09 bits per heavy atom. The summed E-state index contributed by atoms with van der Waals surface area (Å²) in [5, 5.41) is 15.2. The molecular weight excluding hydrogens is 276 g/mol. The van der Waals surface area contributed by atoms with E-state index in [-0.39, 0.29) is 0 Å². The number of nitrogens with zero attached hydrogens (tertiary/aromatic N) is 2. The van der Waals surface area contributed by atoms with Crippen molar-refractivity contribution in [3.63, 3.8) is 0 Å². The summed E-state index contributed by atoms with van der Waals surface area (Å²) in [6, 6.07) is 6.71. The molecule has 0 radical (unpaired) electrons. The van der Waals surface area contributed by atoms with Gasteiger partial charge in [-0.2, -0.15) is 5.10 Å². The highest BCUT2D eigenvalue weighted by Gasteiger charge is 2.23. The van der Waals surface area contributed by atoms with Crippen LogP contribution in [0.15, 0.2) is 24.4 Å². The number of aromatic nitrogens is 2. The first-order valence-corrected chi connectivity index (χ1v) is 8.54. The summed E-state index contributed by atoms with van der Waals surface area (Å²) in [5.74, 6) is 2.20. The third-order valence-electron chi connectivity index (χ3n) is 5.13. The highest BCUT2D eigenvalue weighted by atomic mass is 16.5. The van der Waals surface area contributed by atoms with Crippen molar-refractivity contribution in [3.8, 4) is 5.75 Å². The van der Waals surface area contributed by atoms with Gasteiger partial charge in [-0.1, -0.05) is 0 Å². The lowest BCUT2D eigenvalue weighted by atomic mass is 9.87. The zero-order chi connectivity index (χ0) is 14.9. The standard InChI is InChI=1S/C18H24N2O2/c21-11-13-3-6-16(7-4-13)20-10-15-5-8-17(9-18(15)19-20)22-12-14-1-2-14/h5,8-10,13-14,16,21H,1-4,6-7,11-12H2. The molecule has 4 rings (SSSR count). The fourth-order valence-corrected chi connectivity index (χ4v) is 3.38. The number of ether oxygens (including phenoxy) is 1. The number of aliphatic hydroxyl groups is 1. The minimum Gasteiger partial charge on any atom is -0.493 e. The SMILES string of the molecule is OCC1CCC(n2cc3ccc(OCC4CC4)cc3n2)CC1. The van der Waals surface area contributed by atoms with E-state index in [1.54, 1.807) is 0 Å². The molecule has 118 valence electrons. The second-order valence-corrected chi connectivity index (χ2v) is 6.94. The fourth-order valence-electron chi connectivity index (χ4n) is 3.38. The summed E-state index contributed by atoms with van der Waals surface area (Å²) in [6.45, 7) is 1.17. The highest BCUT2D eigenvalue weighted by molar-refractivity contribution is 5.79. The molecule has 2 fully saturated rings. The highest BCUT2D eigenvalue weighted by Crippen LogP contribution is 2.33. The first-order chi connectivity index (χ1) is 10.8. The molecule has 2 aliphatic rings. The number of rotatable bonds is 5. The van der Waals surface area contributed by atoms with Crippen LogP contribution in [0.5, 0.6) is 5.75 Å². The van der Waals surface area contributed by atoms with Crippen LogP contribution in [0, 0.1) is 11.8 Å². The first kappa shape index (κ1) is 14.1. The lowest BCUT2D eigenvalue weighted by molar-refractivity contribution is 0.165. The topological polar surface area (TPSA) is 47.3 Å². The van der Waals surface area contributed by atoms with Gasteiger partial charge < -0.3 is 9.84 Å². The van der Waals surface area contributed by atoms with Gasteiger partial charge in [-0.25, -0.2) is 0 Å². The van der Waals surface area contributed by atoms with Crippen molar-refractivity contribution < 1.29 is 9.84 Å². The number of hydrogen-bond acceptors (Lipinski definition) is 3. The summed E-state index contributed by atoms with van der Waals surface area (Å²) in [6.07, 6.45) is 9.22. The van der Waals surface area contributed by atoms with Crippen molar-refractivity contribution in [1.29, 1.82) is 0 Å². The van der Waals surface area contributed by atoms with Crippen molar-refractivity contribution in [2.75, 3.05) is 13.2 Å². The van der Waals surface area contributed by atoms with E-state index in [4.69, 9.17) is 9.84 Å². The van der Waals surface area contributed by atoms with Crippen LogP contribution in [0.4, 0.5) is 0 Å². The summed E-state index contributed by atoms with van der Waals surface area (Å²) in [5.41, 5.74) is 1.03. The van der Waals surface area contributed by atoms with Gasteiger partial charge in [0.2, 0.25) is 0 Å². The Morgan fingerprint density at radius 3 is 2.59 bits per heavy atom. The summed E-state index contributed by atoms with van der Waals surface area (Å²) in [4.78, 5) is 0. The van der Waals surface area contributed by atoms with Crippen molar-refractivity contribution in [3.05, 3.63) is 24.4 Å². The number of hydrogen-bond donors (Lipinski definition) is 1. The van der Waals surface area contributed by atoms with Crippen LogP contribution in [0.25, 0.3) is 10.9 Å². The predicted octanol–water partition coefficient (Wildman–Crippen LogP) is 3.55. The molecule has 0 spiro atoms. The largest absolute Gasteiger partial charge is 0.493 e. The Labute approximate surface area is 131 Å². The average molecular weight is 300 g/mol. The average Bonchev–Trinajstić information content (AvgIpc) is 3.30. The predicted molar refractivity (Wildman–Crippen MR) is 86.0 cm³/mol. The van der Waals surface area contributed by atoms with E-state index in [2.05, 4.69) is 29.1 Å². The molecule has 0 amide bonds. The summed E-state index contributed by atoms with van der Waals surface area (Å²) >= 11 is 0. The number of fused-ring (bicyclic) bond motifs is 1. The maximum atomic E-state index is 9.25. The zero-order valence-electron chi connectivity index (χ0n) is 12.9. The molecule has 2 aromatic rings. The van der Waals surface area contributed by atoms with Crippen molar-refractivity contribution in [1.82, 2.24) is 9.78 Å². The summed E-state index contributed by atoms with van der Waals surface area (Å²) < 4.78 is 7.97. The molecule has 2 saturated carbocycles. The van der Waals surface area contributed by atoms with Gasteiger partial charge in [0.1, 0.15) is 5.75 Å². The van der Waals surface area contributed by atoms with Gasteiger partial charge in [0.05, 0.1) is 18.2 Å². The van der Waals surface area contributed by atoms with Crippen molar-refractivity contribution >= 4 is 10.9 Å². The molecule has 4 heteroatoms. The molecule has 2 aliphatic carbocycles. The molecule has 0 atom stereocenters. The fraction of sp³-hybridized carbons (Fsp3) is 0.611. The molecule has 4 nitrogen and oxygen atoms in total. The number of benzene rings is 1. The normalized spacial score (nSPS) is 25.5. The minimum absolute atomic E-state index is 0.329. The minimum atomic E-state index is 0.329. The molecule has 0 unspecified atom stereocenters. The lowest BCUT2D eigenvalue weighted by Crippen LogP contribution is -2.20. The maximum Gasteiger partial charge on any atom is 0.121 e. The number of aliphatic hydroxyl groups excluding tert-OH is 1. The first-order valence-electron chi connectivity index (χ1n) is 8.54. The molecule has 1 aromatic heterocycles. The Balaban J connectivity index is 1.47. The molecule has 0 saturated heterocycles. The third-order valence-corrected chi connectivity index (χ3v) is 5.13. The molecular formula is C18H24N2O2. The van der Waals surface area contributed by atoms with Crippen LogP contribution in [0.3, 0.4) is 0 Å². The van der Waals surface area contributed by atoms with Gasteiger partial charge >= 0.3 is 0 Å². The Hall–Kier alpha value is -1.55. The molecule has 0 bridgehead atoms. The Kier molecular flexibility index (Phi) is 3.78.